The van der Waals surface area contributed by atoms with E-state index in [1.54, 1.807) is 0 Å². The quantitative estimate of drug-likeness (QED) is 0.756. The van der Waals surface area contributed by atoms with Gasteiger partial charge in [0.1, 0.15) is 14.8 Å². The van der Waals surface area contributed by atoms with E-state index in [2.05, 4.69) is 4.98 Å². The highest BCUT2D eigenvalue weighted by atomic mass is 32.2. The first-order chi connectivity index (χ1) is 6.27. The third-order valence-electron chi connectivity index (χ3n) is 1.62. The van der Waals surface area contributed by atoms with E-state index in [0.717, 1.165) is 17.6 Å². The summed E-state index contributed by atoms with van der Waals surface area (Å²) < 4.78 is 22.3. The first-order valence-corrected chi connectivity index (χ1v) is 6.48. The molecular formula is C7H11NO4S2. The molecule has 0 radical (unpaired) electrons. The number of sulfone groups is 1. The molecule has 1 aromatic heterocycles. The summed E-state index contributed by atoms with van der Waals surface area (Å²) in [6.07, 6.45) is 2.25. The van der Waals surface area contributed by atoms with Crippen molar-refractivity contribution in [3.63, 3.8) is 0 Å². The fraction of sp³-hybridized carbons (Fsp3) is 0.571. The summed E-state index contributed by atoms with van der Waals surface area (Å²) in [5.41, 5.74) is -1.48. The van der Waals surface area contributed by atoms with Gasteiger partial charge in [-0.1, -0.05) is 0 Å². The van der Waals surface area contributed by atoms with E-state index in [0.29, 0.717) is 0 Å². The van der Waals surface area contributed by atoms with Gasteiger partial charge in [0, 0.05) is 6.26 Å². The van der Waals surface area contributed by atoms with Crippen LogP contribution in [-0.2, 0) is 15.4 Å². The monoisotopic (exact) mass is 237 g/mol. The number of aliphatic hydroxyl groups excluding tert-OH is 1. The first-order valence-electron chi connectivity index (χ1n) is 3.77. The minimum atomic E-state index is -3.29. The van der Waals surface area contributed by atoms with Crippen LogP contribution in [0.2, 0.25) is 0 Å². The molecule has 7 heteroatoms. The third-order valence-corrected chi connectivity index (χ3v) is 4.66. The second-order valence-corrected chi connectivity index (χ2v) is 6.46. The molecule has 2 N–H and O–H groups in total. The third kappa shape index (κ3) is 2.30. The molecule has 0 aliphatic rings. The number of aliphatic hydroxyl groups is 2. The molecule has 1 atom stereocenters. The molecule has 14 heavy (non-hydrogen) atoms. The Bertz CT molecular complexity index is 421. The lowest BCUT2D eigenvalue weighted by Crippen LogP contribution is -2.25. The maximum atomic E-state index is 11.1. The van der Waals surface area contributed by atoms with Gasteiger partial charge in [-0.2, -0.15) is 0 Å². The first kappa shape index (κ1) is 11.6. The Labute approximate surface area is 86.0 Å². The zero-order valence-corrected chi connectivity index (χ0v) is 9.39. The molecule has 0 amide bonds. The van der Waals surface area contributed by atoms with Crippen LogP contribution in [0.1, 0.15) is 11.9 Å². The summed E-state index contributed by atoms with van der Waals surface area (Å²) in [6, 6.07) is 0. The van der Waals surface area contributed by atoms with Crippen LogP contribution in [0.25, 0.3) is 0 Å². The SMILES string of the molecule is C[C@@](O)(CO)c1ncc(S(C)(=O)=O)s1. The van der Waals surface area contributed by atoms with Crippen molar-refractivity contribution in [3.05, 3.63) is 11.2 Å². The Balaban J connectivity index is 3.13. The Kier molecular flexibility index (Phi) is 2.96. The Morgan fingerprint density at radius 3 is 2.57 bits per heavy atom. The van der Waals surface area contributed by atoms with Crippen molar-refractivity contribution in [2.75, 3.05) is 12.9 Å². The normalized spacial score (nSPS) is 16.6. The van der Waals surface area contributed by atoms with Gasteiger partial charge in [-0.05, 0) is 6.92 Å². The zero-order valence-electron chi connectivity index (χ0n) is 7.76. The lowest BCUT2D eigenvalue weighted by Gasteiger charge is -2.16. The zero-order chi connectivity index (χ0) is 11.0. The smallest absolute Gasteiger partial charge is 0.186 e. The van der Waals surface area contributed by atoms with Gasteiger partial charge < -0.3 is 10.2 Å². The van der Waals surface area contributed by atoms with Crippen molar-refractivity contribution in [3.8, 4) is 0 Å². The number of thiazole rings is 1. The molecule has 0 aliphatic carbocycles. The van der Waals surface area contributed by atoms with Crippen LogP contribution in [0.15, 0.2) is 10.4 Å². The van der Waals surface area contributed by atoms with E-state index in [1.165, 1.54) is 13.1 Å². The fourth-order valence-corrected chi connectivity index (χ4v) is 2.52. The minimum Gasteiger partial charge on any atom is -0.393 e. The van der Waals surface area contributed by atoms with E-state index >= 15 is 0 Å². The lowest BCUT2D eigenvalue weighted by atomic mass is 10.1. The predicted molar refractivity (Wildman–Crippen MR) is 51.9 cm³/mol. The molecule has 0 bridgehead atoms. The largest absolute Gasteiger partial charge is 0.393 e. The van der Waals surface area contributed by atoms with Crippen molar-refractivity contribution in [1.82, 2.24) is 4.98 Å². The van der Waals surface area contributed by atoms with Gasteiger partial charge in [0.15, 0.2) is 9.84 Å². The van der Waals surface area contributed by atoms with E-state index in [4.69, 9.17) is 5.11 Å². The number of hydrogen-bond acceptors (Lipinski definition) is 6. The lowest BCUT2D eigenvalue weighted by molar-refractivity contribution is -0.00244. The van der Waals surface area contributed by atoms with Gasteiger partial charge in [-0.3, -0.25) is 0 Å². The highest BCUT2D eigenvalue weighted by Gasteiger charge is 2.27. The van der Waals surface area contributed by atoms with E-state index < -0.39 is 22.0 Å². The van der Waals surface area contributed by atoms with Gasteiger partial charge in [-0.25, -0.2) is 13.4 Å². The molecular weight excluding hydrogens is 226 g/mol. The van der Waals surface area contributed by atoms with Crippen molar-refractivity contribution < 1.29 is 18.6 Å². The maximum Gasteiger partial charge on any atom is 0.186 e. The van der Waals surface area contributed by atoms with Gasteiger partial charge in [0.25, 0.3) is 0 Å². The average molecular weight is 237 g/mol. The van der Waals surface area contributed by atoms with Crippen LogP contribution in [0.3, 0.4) is 0 Å². The summed E-state index contributed by atoms with van der Waals surface area (Å²) in [4.78, 5) is 3.75. The van der Waals surface area contributed by atoms with Crippen molar-refractivity contribution in [2.24, 2.45) is 0 Å². The molecule has 0 saturated heterocycles. The highest BCUT2D eigenvalue weighted by Crippen LogP contribution is 2.27. The van der Waals surface area contributed by atoms with Gasteiger partial charge in [0.05, 0.1) is 12.8 Å². The molecule has 0 spiro atoms. The molecule has 0 aromatic carbocycles. The molecule has 0 unspecified atom stereocenters. The number of hydrogen-bond donors (Lipinski definition) is 2. The maximum absolute atomic E-state index is 11.1. The summed E-state index contributed by atoms with van der Waals surface area (Å²) in [5, 5.41) is 18.6. The van der Waals surface area contributed by atoms with E-state index in [9.17, 15) is 13.5 Å². The second kappa shape index (κ2) is 3.58. The van der Waals surface area contributed by atoms with Crippen LogP contribution in [0, 0.1) is 0 Å². The van der Waals surface area contributed by atoms with Crippen LogP contribution >= 0.6 is 11.3 Å². The van der Waals surface area contributed by atoms with Gasteiger partial charge in [-0.15, -0.1) is 11.3 Å². The standard InChI is InChI=1S/C7H11NO4S2/c1-7(10,4-9)6-8-3-5(13-6)14(2,11)12/h3,9-10H,4H2,1-2H3/t7-/m1/s1. The number of rotatable bonds is 3. The molecule has 1 heterocycles. The molecule has 5 nitrogen and oxygen atoms in total. The molecule has 0 aliphatic heterocycles. The van der Waals surface area contributed by atoms with Gasteiger partial charge >= 0.3 is 0 Å². The number of aromatic nitrogens is 1. The Morgan fingerprint density at radius 1 is 1.64 bits per heavy atom. The summed E-state index contributed by atoms with van der Waals surface area (Å²) in [7, 11) is -3.29. The summed E-state index contributed by atoms with van der Waals surface area (Å²) in [5.74, 6) is 0. The van der Waals surface area contributed by atoms with Crippen molar-refractivity contribution >= 4 is 21.2 Å². The molecule has 1 aromatic rings. The van der Waals surface area contributed by atoms with Crippen LogP contribution in [0.5, 0.6) is 0 Å². The van der Waals surface area contributed by atoms with E-state index in [1.807, 2.05) is 0 Å². The Morgan fingerprint density at radius 2 is 2.21 bits per heavy atom. The van der Waals surface area contributed by atoms with Crippen LogP contribution in [0.4, 0.5) is 0 Å². The topological polar surface area (TPSA) is 87.5 Å². The molecule has 0 fully saturated rings. The second-order valence-electron chi connectivity index (χ2n) is 3.19. The van der Waals surface area contributed by atoms with Crippen molar-refractivity contribution in [2.45, 2.75) is 16.7 Å². The summed E-state index contributed by atoms with van der Waals surface area (Å²) >= 11 is 0.862. The van der Waals surface area contributed by atoms with Crippen molar-refractivity contribution in [1.29, 1.82) is 0 Å². The van der Waals surface area contributed by atoms with E-state index in [-0.39, 0.29) is 9.22 Å². The molecule has 80 valence electrons. The minimum absolute atomic E-state index is 0.0845. The highest BCUT2D eigenvalue weighted by molar-refractivity contribution is 7.92. The van der Waals surface area contributed by atoms with Crippen LogP contribution in [-0.4, -0.2) is 36.5 Å². The molecule has 0 saturated carbocycles. The van der Waals surface area contributed by atoms with Crippen LogP contribution < -0.4 is 0 Å². The summed E-state index contributed by atoms with van der Waals surface area (Å²) in [6.45, 7) is 0.877. The number of nitrogens with zero attached hydrogens (tertiary/aromatic N) is 1. The van der Waals surface area contributed by atoms with Gasteiger partial charge in [0.2, 0.25) is 0 Å². The fourth-order valence-electron chi connectivity index (χ4n) is 0.747. The Hall–Kier alpha value is -0.500. The average Bonchev–Trinajstić information content (AvgIpc) is 2.51. The predicted octanol–water partition coefficient (Wildman–Crippen LogP) is -0.254. The molecule has 1 rings (SSSR count).